The van der Waals surface area contributed by atoms with Gasteiger partial charge in [-0.2, -0.15) is 18.2 Å². The molecule has 0 aliphatic heterocycles. The smallest absolute Gasteiger partial charge is 0.416 e. The van der Waals surface area contributed by atoms with E-state index in [2.05, 4.69) is 10.1 Å². The monoisotopic (exact) mass is 489 g/mol. The Labute approximate surface area is 200 Å². The Morgan fingerprint density at radius 1 is 1.09 bits per heavy atom. The van der Waals surface area contributed by atoms with Gasteiger partial charge in [-0.15, -0.1) is 0 Å². The first kappa shape index (κ1) is 24.6. The van der Waals surface area contributed by atoms with Gasteiger partial charge in [-0.05, 0) is 73.7 Å². The van der Waals surface area contributed by atoms with Gasteiger partial charge in [0.05, 0.1) is 5.56 Å². The van der Waals surface area contributed by atoms with Crippen LogP contribution in [0.4, 0.5) is 19.1 Å². The number of anilines is 1. The van der Waals surface area contributed by atoms with E-state index in [0.717, 1.165) is 30.5 Å². The molecule has 1 aliphatic carbocycles. The van der Waals surface area contributed by atoms with Crippen molar-refractivity contribution in [2.45, 2.75) is 57.3 Å². The maximum atomic E-state index is 12.9. The van der Waals surface area contributed by atoms with Crippen LogP contribution in [-0.2, 0) is 23.9 Å². The van der Waals surface area contributed by atoms with Gasteiger partial charge in [0.15, 0.2) is 5.60 Å². The van der Waals surface area contributed by atoms with Gasteiger partial charge in [0.25, 0.3) is 5.95 Å². The molecule has 0 atom stereocenters. The number of carboxylic acids is 1. The maximum Gasteiger partial charge on any atom is 0.416 e. The summed E-state index contributed by atoms with van der Waals surface area (Å²) < 4.78 is 49.7. The summed E-state index contributed by atoms with van der Waals surface area (Å²) in [5.74, 6) is 0.642. The van der Waals surface area contributed by atoms with Crippen molar-refractivity contribution in [1.29, 1.82) is 0 Å². The highest BCUT2D eigenvalue weighted by Gasteiger charge is 2.32. The molecule has 1 heterocycles. The SMILES string of the molecule is CC(C)(Oc1ccc(CCN(Cc2ccc(C(F)(F)F)cc2)c2noc(C3CC3)n2)cc1)C(=O)O. The summed E-state index contributed by atoms with van der Waals surface area (Å²) >= 11 is 0. The van der Waals surface area contributed by atoms with Crippen LogP contribution in [-0.4, -0.2) is 33.4 Å². The number of carboxylic acid groups (broad SMARTS) is 1. The first-order valence-electron chi connectivity index (χ1n) is 11.3. The molecular formula is C25H26F3N3O4. The molecule has 0 radical (unpaired) electrons. The Hall–Kier alpha value is -3.56. The Morgan fingerprint density at radius 2 is 1.71 bits per heavy atom. The van der Waals surface area contributed by atoms with Crippen molar-refractivity contribution in [2.24, 2.45) is 0 Å². The molecule has 0 spiro atoms. The van der Waals surface area contributed by atoms with Gasteiger partial charge in [-0.25, -0.2) is 4.79 Å². The molecule has 4 rings (SSSR count). The van der Waals surface area contributed by atoms with E-state index >= 15 is 0 Å². The van der Waals surface area contributed by atoms with Crippen LogP contribution in [0.3, 0.4) is 0 Å². The highest BCUT2D eigenvalue weighted by Crippen LogP contribution is 2.39. The fourth-order valence-corrected chi connectivity index (χ4v) is 3.45. The minimum absolute atomic E-state index is 0.284. The molecule has 2 aromatic carbocycles. The first-order valence-corrected chi connectivity index (χ1v) is 11.3. The van der Waals surface area contributed by atoms with Crippen molar-refractivity contribution in [2.75, 3.05) is 11.4 Å². The standard InChI is InChI=1S/C25H26F3N3O4/c1-24(2,22(32)33)34-20-11-5-16(6-12-20)13-14-31(23-29-21(35-30-23)18-7-8-18)15-17-3-9-19(10-4-17)25(26,27)28/h3-6,9-12,18H,7-8,13-15H2,1-2H3,(H,32,33). The van der Waals surface area contributed by atoms with E-state index in [1.807, 2.05) is 17.0 Å². The quantitative estimate of drug-likeness (QED) is 0.405. The summed E-state index contributed by atoms with van der Waals surface area (Å²) in [6.45, 7) is 3.76. The predicted molar refractivity (Wildman–Crippen MR) is 121 cm³/mol. The minimum atomic E-state index is -4.39. The topological polar surface area (TPSA) is 88.7 Å². The number of alkyl halides is 3. The number of ether oxygens (including phenoxy) is 1. The Morgan fingerprint density at radius 3 is 2.29 bits per heavy atom. The van der Waals surface area contributed by atoms with Gasteiger partial charge in [0.1, 0.15) is 5.75 Å². The predicted octanol–water partition coefficient (Wildman–Crippen LogP) is 5.46. The largest absolute Gasteiger partial charge is 0.478 e. The summed E-state index contributed by atoms with van der Waals surface area (Å²) in [7, 11) is 0. The molecule has 1 aliphatic rings. The Balaban J connectivity index is 1.46. The summed E-state index contributed by atoms with van der Waals surface area (Å²) in [6, 6.07) is 12.1. The highest BCUT2D eigenvalue weighted by molar-refractivity contribution is 5.76. The summed E-state index contributed by atoms with van der Waals surface area (Å²) in [6.07, 6.45) is -1.78. The van der Waals surface area contributed by atoms with Gasteiger partial charge in [-0.3, -0.25) is 0 Å². The molecule has 10 heteroatoms. The third-order valence-corrected chi connectivity index (χ3v) is 5.78. The van der Waals surface area contributed by atoms with Crippen molar-refractivity contribution in [1.82, 2.24) is 10.1 Å². The molecule has 1 saturated carbocycles. The first-order chi connectivity index (χ1) is 16.5. The lowest BCUT2D eigenvalue weighted by atomic mass is 10.1. The number of aromatic nitrogens is 2. The van der Waals surface area contributed by atoms with Crippen LogP contribution >= 0.6 is 0 Å². The number of aliphatic carboxylic acids is 1. The molecule has 0 unspecified atom stereocenters. The molecule has 3 aromatic rings. The van der Waals surface area contributed by atoms with Gasteiger partial charge in [0, 0.05) is 19.0 Å². The fourth-order valence-electron chi connectivity index (χ4n) is 3.45. The minimum Gasteiger partial charge on any atom is -0.478 e. The lowest BCUT2D eigenvalue weighted by Crippen LogP contribution is -2.37. The van der Waals surface area contributed by atoms with E-state index in [1.165, 1.54) is 26.0 Å². The molecule has 7 nitrogen and oxygen atoms in total. The number of halogens is 3. The van der Waals surface area contributed by atoms with E-state index in [1.54, 1.807) is 12.1 Å². The molecule has 1 fully saturated rings. The molecule has 1 N–H and O–H groups in total. The second kappa shape index (κ2) is 9.59. The number of carbonyl (C=O) groups is 1. The van der Waals surface area contributed by atoms with Crippen molar-refractivity contribution >= 4 is 11.9 Å². The van der Waals surface area contributed by atoms with Crippen LogP contribution in [0.2, 0.25) is 0 Å². The van der Waals surface area contributed by atoms with Crippen LogP contribution in [0, 0.1) is 0 Å². The van der Waals surface area contributed by atoms with Crippen LogP contribution in [0.25, 0.3) is 0 Å². The lowest BCUT2D eigenvalue weighted by molar-refractivity contribution is -0.152. The van der Waals surface area contributed by atoms with E-state index in [0.29, 0.717) is 42.7 Å². The number of hydrogen-bond donors (Lipinski definition) is 1. The van der Waals surface area contributed by atoms with Crippen molar-refractivity contribution in [3.8, 4) is 5.75 Å². The highest BCUT2D eigenvalue weighted by atomic mass is 19.4. The molecule has 0 amide bonds. The van der Waals surface area contributed by atoms with E-state index in [9.17, 15) is 23.1 Å². The van der Waals surface area contributed by atoms with Gasteiger partial charge >= 0.3 is 12.1 Å². The van der Waals surface area contributed by atoms with E-state index in [-0.39, 0.29) is 5.92 Å². The summed E-state index contributed by atoms with van der Waals surface area (Å²) in [5.41, 5.74) is -0.390. The van der Waals surface area contributed by atoms with Crippen molar-refractivity contribution in [3.63, 3.8) is 0 Å². The van der Waals surface area contributed by atoms with Gasteiger partial charge in [-0.1, -0.05) is 24.3 Å². The maximum absolute atomic E-state index is 12.9. The lowest BCUT2D eigenvalue weighted by Gasteiger charge is -2.22. The van der Waals surface area contributed by atoms with Crippen molar-refractivity contribution in [3.05, 3.63) is 71.1 Å². The van der Waals surface area contributed by atoms with Gasteiger partial charge < -0.3 is 19.3 Å². The number of benzene rings is 2. The van der Waals surface area contributed by atoms with Crippen LogP contribution in [0.1, 0.15) is 55.2 Å². The van der Waals surface area contributed by atoms with E-state index < -0.39 is 23.3 Å². The normalized spacial score (nSPS) is 14.1. The van der Waals surface area contributed by atoms with E-state index in [4.69, 9.17) is 9.26 Å². The Bertz CT molecular complexity index is 1150. The third-order valence-electron chi connectivity index (χ3n) is 5.78. The summed E-state index contributed by atoms with van der Waals surface area (Å²) in [5, 5.41) is 13.3. The average molecular weight is 489 g/mol. The zero-order chi connectivity index (χ0) is 25.2. The van der Waals surface area contributed by atoms with Gasteiger partial charge in [0.2, 0.25) is 5.89 Å². The number of rotatable bonds is 10. The molecule has 186 valence electrons. The molecule has 1 aromatic heterocycles. The average Bonchev–Trinajstić information content (AvgIpc) is 3.54. The molecule has 0 saturated heterocycles. The number of nitrogens with zero attached hydrogens (tertiary/aromatic N) is 3. The Kier molecular flexibility index (Phi) is 6.73. The summed E-state index contributed by atoms with van der Waals surface area (Å²) in [4.78, 5) is 17.6. The molecule has 35 heavy (non-hydrogen) atoms. The zero-order valence-electron chi connectivity index (χ0n) is 19.4. The second-order valence-corrected chi connectivity index (χ2v) is 9.13. The third kappa shape index (κ3) is 6.32. The van der Waals surface area contributed by atoms with Crippen LogP contribution in [0.15, 0.2) is 53.1 Å². The van der Waals surface area contributed by atoms with Crippen molar-refractivity contribution < 1.29 is 32.3 Å². The fraction of sp³-hybridized carbons (Fsp3) is 0.400. The second-order valence-electron chi connectivity index (χ2n) is 9.13. The van der Waals surface area contributed by atoms with Crippen LogP contribution < -0.4 is 9.64 Å². The van der Waals surface area contributed by atoms with Crippen LogP contribution in [0.5, 0.6) is 5.75 Å². The zero-order valence-corrected chi connectivity index (χ0v) is 19.4. The molecule has 0 bridgehead atoms. The number of hydrogen-bond acceptors (Lipinski definition) is 6. The molecular weight excluding hydrogens is 463 g/mol.